The number of rotatable bonds is 5. The van der Waals surface area contributed by atoms with E-state index < -0.39 is 0 Å². The lowest BCUT2D eigenvalue weighted by Gasteiger charge is -2.39. The second kappa shape index (κ2) is 9.46. The maximum atomic E-state index is 13.5. The van der Waals surface area contributed by atoms with Gasteiger partial charge in [0.25, 0.3) is 5.56 Å². The predicted molar refractivity (Wildman–Crippen MR) is 137 cm³/mol. The van der Waals surface area contributed by atoms with E-state index in [0.29, 0.717) is 5.56 Å². The van der Waals surface area contributed by atoms with E-state index in [0.717, 1.165) is 67.0 Å². The molecule has 3 heterocycles. The number of pyridine rings is 1. The summed E-state index contributed by atoms with van der Waals surface area (Å²) < 4.78 is 15.4. The Bertz CT molecular complexity index is 1420. The molecule has 36 heavy (non-hydrogen) atoms. The number of hydrogen-bond donors (Lipinski definition) is 1. The first kappa shape index (κ1) is 22.8. The van der Waals surface area contributed by atoms with Gasteiger partial charge in [0, 0.05) is 37.4 Å². The van der Waals surface area contributed by atoms with Gasteiger partial charge in [-0.05, 0) is 71.5 Å². The minimum absolute atomic E-state index is 0.108. The van der Waals surface area contributed by atoms with E-state index in [2.05, 4.69) is 30.3 Å². The van der Waals surface area contributed by atoms with Crippen LogP contribution in [0.25, 0.3) is 10.9 Å². The summed E-state index contributed by atoms with van der Waals surface area (Å²) in [7, 11) is 0. The third-order valence-electron chi connectivity index (χ3n) is 7.72. The number of hydrogen-bond acceptors (Lipinski definition) is 6. The number of piperazine rings is 1. The van der Waals surface area contributed by atoms with Crippen molar-refractivity contribution in [2.75, 3.05) is 31.1 Å². The van der Waals surface area contributed by atoms with Crippen LogP contribution in [0.1, 0.15) is 54.7 Å². The summed E-state index contributed by atoms with van der Waals surface area (Å²) in [4.78, 5) is 21.2. The van der Waals surface area contributed by atoms with Crippen molar-refractivity contribution in [2.45, 2.75) is 44.7 Å². The standard InChI is InChI=1S/C27H30FN7O/c1-18-5-4-6-19-17-23(27(36)29-24(18)19)25(26-30-31-32-35(26)22-7-2-3-8-22)34-15-13-33(14-16-34)21-11-9-20(28)10-12-21/h4-6,9-12,17,22,25H,2-3,7-8,13-16H2,1H3,(H,29,36)/t25-/m1/s1. The van der Waals surface area contributed by atoms with Crippen LogP contribution in [0.4, 0.5) is 10.1 Å². The first-order chi connectivity index (χ1) is 17.6. The quantitative estimate of drug-likeness (QED) is 0.458. The van der Waals surface area contributed by atoms with Gasteiger partial charge < -0.3 is 9.88 Å². The number of nitrogens with one attached hydrogen (secondary N) is 1. The Morgan fingerprint density at radius 3 is 2.53 bits per heavy atom. The molecule has 186 valence electrons. The number of tetrazole rings is 1. The number of aryl methyl sites for hydroxylation is 1. The van der Waals surface area contributed by atoms with E-state index in [1.54, 1.807) is 0 Å². The molecule has 9 heteroatoms. The zero-order valence-electron chi connectivity index (χ0n) is 20.4. The van der Waals surface area contributed by atoms with Gasteiger partial charge in [-0.1, -0.05) is 31.0 Å². The summed E-state index contributed by atoms with van der Waals surface area (Å²) in [6.07, 6.45) is 4.44. The summed E-state index contributed by atoms with van der Waals surface area (Å²) in [6, 6.07) is 14.6. The molecule has 0 unspecified atom stereocenters. The molecule has 1 aliphatic heterocycles. The zero-order chi connectivity index (χ0) is 24.6. The maximum absolute atomic E-state index is 13.5. The van der Waals surface area contributed by atoms with Gasteiger partial charge in [0.05, 0.1) is 11.6 Å². The fourth-order valence-electron chi connectivity index (χ4n) is 5.78. The van der Waals surface area contributed by atoms with E-state index in [9.17, 15) is 9.18 Å². The predicted octanol–water partition coefficient (Wildman–Crippen LogP) is 3.99. The molecule has 1 atom stereocenters. The minimum atomic E-state index is -0.357. The first-order valence-electron chi connectivity index (χ1n) is 12.7. The number of benzene rings is 2. The summed E-state index contributed by atoms with van der Waals surface area (Å²) in [6.45, 7) is 4.98. The molecule has 1 N–H and O–H groups in total. The van der Waals surface area contributed by atoms with Gasteiger partial charge in [-0.2, -0.15) is 0 Å². The van der Waals surface area contributed by atoms with Crippen LogP contribution in [0.3, 0.4) is 0 Å². The summed E-state index contributed by atoms with van der Waals surface area (Å²) >= 11 is 0. The lowest BCUT2D eigenvalue weighted by Crippen LogP contribution is -2.49. The van der Waals surface area contributed by atoms with Crippen molar-refractivity contribution in [3.63, 3.8) is 0 Å². The average molecular weight is 488 g/mol. The first-order valence-corrected chi connectivity index (χ1v) is 12.7. The van der Waals surface area contributed by atoms with Crippen molar-refractivity contribution >= 4 is 16.6 Å². The molecule has 2 aromatic heterocycles. The van der Waals surface area contributed by atoms with E-state index >= 15 is 0 Å². The highest BCUT2D eigenvalue weighted by atomic mass is 19.1. The summed E-state index contributed by atoms with van der Waals surface area (Å²) in [5.74, 6) is 0.497. The van der Waals surface area contributed by atoms with E-state index in [1.165, 1.54) is 25.0 Å². The van der Waals surface area contributed by atoms with Crippen molar-refractivity contribution < 1.29 is 4.39 Å². The number of aromatic amines is 1. The second-order valence-corrected chi connectivity index (χ2v) is 9.91. The molecule has 8 nitrogen and oxygen atoms in total. The highest BCUT2D eigenvalue weighted by Crippen LogP contribution is 2.34. The normalized spacial score (nSPS) is 18.2. The van der Waals surface area contributed by atoms with Crippen LogP contribution < -0.4 is 10.5 Å². The molecule has 0 bridgehead atoms. The molecule has 0 spiro atoms. The fraction of sp³-hybridized carbons (Fsp3) is 0.407. The Kier molecular flexibility index (Phi) is 6.00. The topological polar surface area (TPSA) is 82.9 Å². The lowest BCUT2D eigenvalue weighted by molar-refractivity contribution is 0.197. The molecule has 1 saturated carbocycles. The molecule has 2 aliphatic rings. The van der Waals surface area contributed by atoms with E-state index in [4.69, 9.17) is 0 Å². The largest absolute Gasteiger partial charge is 0.369 e. The molecule has 1 saturated heterocycles. The number of aromatic nitrogens is 5. The van der Waals surface area contributed by atoms with Crippen molar-refractivity contribution in [1.29, 1.82) is 0 Å². The van der Waals surface area contributed by atoms with Gasteiger partial charge in [-0.15, -0.1) is 5.10 Å². The van der Waals surface area contributed by atoms with Crippen LogP contribution in [0.5, 0.6) is 0 Å². The van der Waals surface area contributed by atoms with Crippen molar-refractivity contribution in [3.8, 4) is 0 Å². The second-order valence-electron chi connectivity index (χ2n) is 9.91. The molecule has 4 aromatic rings. The summed E-state index contributed by atoms with van der Waals surface area (Å²) in [5, 5.41) is 13.9. The van der Waals surface area contributed by atoms with Gasteiger partial charge in [0.15, 0.2) is 5.82 Å². The fourth-order valence-corrected chi connectivity index (χ4v) is 5.78. The van der Waals surface area contributed by atoms with E-state index in [-0.39, 0.29) is 23.5 Å². The van der Waals surface area contributed by atoms with Crippen molar-refractivity contribution in [2.24, 2.45) is 0 Å². The Hall–Kier alpha value is -3.59. The number of fused-ring (bicyclic) bond motifs is 1. The van der Waals surface area contributed by atoms with Crippen LogP contribution in [0.2, 0.25) is 0 Å². The SMILES string of the molecule is Cc1cccc2cc([C@H](c3nnnn3C3CCCC3)N3CCN(c4ccc(F)cc4)CC3)c(=O)[nH]c12. The molecule has 2 aromatic carbocycles. The maximum Gasteiger partial charge on any atom is 0.253 e. The Morgan fingerprint density at radius 2 is 1.78 bits per heavy atom. The molecule has 1 aliphatic carbocycles. The van der Waals surface area contributed by atoms with Gasteiger partial charge in [-0.3, -0.25) is 9.69 Å². The van der Waals surface area contributed by atoms with Gasteiger partial charge in [-0.25, -0.2) is 9.07 Å². The third kappa shape index (κ3) is 4.17. The van der Waals surface area contributed by atoms with Crippen molar-refractivity contribution in [1.82, 2.24) is 30.1 Å². The Balaban J connectivity index is 1.39. The number of halogens is 1. The number of nitrogens with zero attached hydrogens (tertiary/aromatic N) is 6. The monoisotopic (exact) mass is 487 g/mol. The molecular formula is C27H30FN7O. The Labute approximate surface area is 208 Å². The lowest BCUT2D eigenvalue weighted by atomic mass is 10.0. The molecule has 2 fully saturated rings. The molecular weight excluding hydrogens is 457 g/mol. The molecule has 0 radical (unpaired) electrons. The smallest absolute Gasteiger partial charge is 0.253 e. The zero-order valence-corrected chi connectivity index (χ0v) is 20.4. The van der Waals surface area contributed by atoms with Crippen LogP contribution in [0, 0.1) is 12.7 Å². The summed E-state index contributed by atoms with van der Waals surface area (Å²) in [5.41, 5.74) is 3.46. The van der Waals surface area contributed by atoms with Crippen molar-refractivity contribution in [3.05, 3.63) is 81.7 Å². The van der Waals surface area contributed by atoms with Crippen LogP contribution in [-0.4, -0.2) is 56.3 Å². The van der Waals surface area contributed by atoms with Gasteiger partial charge in [0.2, 0.25) is 0 Å². The molecule has 6 rings (SSSR count). The third-order valence-corrected chi connectivity index (χ3v) is 7.72. The average Bonchev–Trinajstić information content (AvgIpc) is 3.59. The molecule has 0 amide bonds. The van der Waals surface area contributed by atoms with Crippen LogP contribution in [-0.2, 0) is 0 Å². The number of H-pyrrole nitrogens is 1. The van der Waals surface area contributed by atoms with E-state index in [1.807, 2.05) is 48.0 Å². The highest BCUT2D eigenvalue weighted by Gasteiger charge is 2.34. The number of para-hydroxylation sites is 1. The van der Waals surface area contributed by atoms with Crippen LogP contribution >= 0.6 is 0 Å². The minimum Gasteiger partial charge on any atom is -0.369 e. The van der Waals surface area contributed by atoms with Gasteiger partial charge in [0.1, 0.15) is 11.9 Å². The van der Waals surface area contributed by atoms with Crippen LogP contribution in [0.15, 0.2) is 53.3 Å². The Morgan fingerprint density at radius 1 is 1.03 bits per heavy atom. The highest BCUT2D eigenvalue weighted by molar-refractivity contribution is 5.82. The number of anilines is 1. The van der Waals surface area contributed by atoms with Gasteiger partial charge >= 0.3 is 0 Å².